The van der Waals surface area contributed by atoms with Gasteiger partial charge in [0.1, 0.15) is 5.82 Å². The van der Waals surface area contributed by atoms with E-state index in [-0.39, 0.29) is 12.1 Å². The largest absolute Gasteiger partial charge is 0.416 e. The highest BCUT2D eigenvalue weighted by molar-refractivity contribution is 7.10. The van der Waals surface area contributed by atoms with Gasteiger partial charge in [-0.3, -0.25) is 0 Å². The fourth-order valence-corrected chi connectivity index (χ4v) is 4.37. The van der Waals surface area contributed by atoms with Crippen molar-refractivity contribution < 1.29 is 13.2 Å². The Balaban J connectivity index is 1.77. The van der Waals surface area contributed by atoms with Gasteiger partial charge in [0.25, 0.3) is 0 Å². The molecule has 0 fully saturated rings. The second-order valence-corrected chi connectivity index (χ2v) is 8.64. The zero-order chi connectivity index (χ0) is 23.3. The van der Waals surface area contributed by atoms with Crippen LogP contribution in [0.3, 0.4) is 0 Å². The summed E-state index contributed by atoms with van der Waals surface area (Å²) in [6, 6.07) is 9.66. The molecule has 0 unspecified atom stereocenters. The Morgan fingerprint density at radius 3 is 2.73 bits per heavy atom. The van der Waals surface area contributed by atoms with Crippen molar-refractivity contribution in [3.63, 3.8) is 0 Å². The first-order valence-electron chi connectivity index (χ1n) is 10.6. The monoisotopic (exact) mass is 472 g/mol. The van der Waals surface area contributed by atoms with E-state index in [9.17, 15) is 13.2 Å². The number of alkyl halides is 3. The molecule has 1 aromatic carbocycles. The van der Waals surface area contributed by atoms with Crippen molar-refractivity contribution in [2.24, 2.45) is 0 Å². The number of rotatable bonds is 9. The van der Waals surface area contributed by atoms with E-state index in [0.29, 0.717) is 24.4 Å². The van der Waals surface area contributed by atoms with Crippen LogP contribution in [-0.4, -0.2) is 30.2 Å². The van der Waals surface area contributed by atoms with E-state index in [0.717, 1.165) is 35.2 Å². The highest BCUT2D eigenvalue weighted by atomic mass is 32.1. The predicted octanol–water partition coefficient (Wildman–Crippen LogP) is 5.65. The van der Waals surface area contributed by atoms with Gasteiger partial charge in [0.2, 0.25) is 5.82 Å². The molecule has 0 saturated heterocycles. The van der Waals surface area contributed by atoms with Crippen molar-refractivity contribution in [1.29, 1.82) is 0 Å². The maximum atomic E-state index is 13.6. The summed E-state index contributed by atoms with van der Waals surface area (Å²) in [5, 5.41) is 16.4. The predicted molar refractivity (Wildman–Crippen MR) is 121 cm³/mol. The first kappa shape index (κ1) is 22.9. The lowest BCUT2D eigenvalue weighted by atomic mass is 10.1. The Bertz CT molecular complexity index is 1190. The molecule has 3 aromatic heterocycles. The molecular formula is C23H23F3N6S. The van der Waals surface area contributed by atoms with Crippen molar-refractivity contribution in [3.8, 4) is 0 Å². The van der Waals surface area contributed by atoms with E-state index in [1.54, 1.807) is 23.6 Å². The SMILES string of the molecule is CCCCc1ncc(C=C(Cc2cccs2)c2nn[nH]n2)n1Cc1ccccc1C(F)(F)F. The average Bonchev–Trinajstić information content (AvgIpc) is 3.55. The van der Waals surface area contributed by atoms with E-state index >= 15 is 0 Å². The lowest BCUT2D eigenvalue weighted by Crippen LogP contribution is -2.14. The molecule has 0 aliphatic carbocycles. The van der Waals surface area contributed by atoms with Crippen LogP contribution in [0.5, 0.6) is 0 Å². The van der Waals surface area contributed by atoms with E-state index in [2.05, 4.69) is 32.5 Å². The van der Waals surface area contributed by atoms with Gasteiger partial charge in [-0.15, -0.1) is 21.5 Å². The third-order valence-corrected chi connectivity index (χ3v) is 6.15. The third-order valence-electron chi connectivity index (χ3n) is 5.27. The number of halogens is 3. The van der Waals surface area contributed by atoms with Crippen molar-refractivity contribution in [3.05, 3.63) is 81.3 Å². The molecule has 1 N–H and O–H groups in total. The minimum Gasteiger partial charge on any atom is -0.324 e. The summed E-state index contributed by atoms with van der Waals surface area (Å²) in [5.74, 6) is 1.20. The molecule has 6 nitrogen and oxygen atoms in total. The van der Waals surface area contributed by atoms with Crippen LogP contribution in [0.4, 0.5) is 13.2 Å². The fourth-order valence-electron chi connectivity index (χ4n) is 3.64. The molecule has 0 saturated carbocycles. The molecule has 4 rings (SSSR count). The van der Waals surface area contributed by atoms with Gasteiger partial charge in [-0.2, -0.15) is 18.4 Å². The van der Waals surface area contributed by atoms with Crippen molar-refractivity contribution in [2.45, 2.75) is 45.3 Å². The number of imidazole rings is 1. The quantitative estimate of drug-likeness (QED) is 0.342. The molecule has 0 aliphatic heterocycles. The summed E-state index contributed by atoms with van der Waals surface area (Å²) in [6.45, 7) is 2.14. The summed E-state index contributed by atoms with van der Waals surface area (Å²) >= 11 is 1.61. The molecule has 10 heteroatoms. The normalized spacial score (nSPS) is 12.4. The molecule has 172 valence electrons. The highest BCUT2D eigenvalue weighted by Crippen LogP contribution is 2.33. The van der Waals surface area contributed by atoms with Crippen LogP contribution in [0.1, 0.15) is 53.1 Å². The number of unbranched alkanes of at least 4 members (excludes halogenated alkanes) is 1. The number of aromatic amines is 1. The average molecular weight is 473 g/mol. The van der Waals surface area contributed by atoms with Gasteiger partial charge in [-0.05, 0) is 40.8 Å². The first-order valence-corrected chi connectivity index (χ1v) is 11.5. The van der Waals surface area contributed by atoms with E-state index < -0.39 is 11.7 Å². The maximum absolute atomic E-state index is 13.6. The van der Waals surface area contributed by atoms with Crippen LogP contribution in [0.15, 0.2) is 48.0 Å². The number of nitrogens with one attached hydrogen (secondary N) is 1. The molecule has 0 bridgehead atoms. The second-order valence-electron chi connectivity index (χ2n) is 7.61. The number of tetrazole rings is 1. The summed E-state index contributed by atoms with van der Waals surface area (Å²) in [7, 11) is 0. The number of allylic oxidation sites excluding steroid dienone is 1. The molecule has 3 heterocycles. The number of thiophene rings is 1. The molecule has 0 amide bonds. The third kappa shape index (κ3) is 5.57. The maximum Gasteiger partial charge on any atom is 0.416 e. The van der Waals surface area contributed by atoms with Crippen LogP contribution < -0.4 is 0 Å². The number of aromatic nitrogens is 6. The van der Waals surface area contributed by atoms with Crippen LogP contribution in [-0.2, 0) is 25.6 Å². The van der Waals surface area contributed by atoms with E-state index in [4.69, 9.17) is 0 Å². The lowest BCUT2D eigenvalue weighted by Gasteiger charge is -2.16. The van der Waals surface area contributed by atoms with E-state index in [1.807, 2.05) is 28.2 Å². The number of benzene rings is 1. The molecular weight excluding hydrogens is 449 g/mol. The molecule has 0 spiro atoms. The molecule has 0 aliphatic rings. The topological polar surface area (TPSA) is 72.3 Å². The van der Waals surface area contributed by atoms with Gasteiger partial charge in [-0.1, -0.05) is 37.6 Å². The van der Waals surface area contributed by atoms with Gasteiger partial charge in [0.15, 0.2) is 0 Å². The smallest absolute Gasteiger partial charge is 0.324 e. The van der Waals surface area contributed by atoms with Gasteiger partial charge in [-0.25, -0.2) is 4.98 Å². The Hall–Kier alpha value is -3.27. The molecule has 0 radical (unpaired) electrons. The Morgan fingerprint density at radius 1 is 1.18 bits per heavy atom. The van der Waals surface area contributed by atoms with Crippen molar-refractivity contribution in [2.75, 3.05) is 0 Å². The number of aryl methyl sites for hydroxylation is 1. The summed E-state index contributed by atoms with van der Waals surface area (Å²) < 4.78 is 42.7. The standard InChI is InChI=1S/C23H23F3N6S/c1-2-3-10-21-27-14-18(32(21)15-16-7-4-5-9-20(16)23(24,25)26)12-17(22-28-30-31-29-22)13-19-8-6-11-33-19/h4-9,11-12,14H,2-3,10,13,15H2,1H3,(H,28,29,30,31). The summed E-state index contributed by atoms with van der Waals surface area (Å²) in [5.41, 5.74) is 1.08. The summed E-state index contributed by atoms with van der Waals surface area (Å²) in [6.07, 6.45) is 2.29. The fraction of sp³-hybridized carbons (Fsp3) is 0.304. The van der Waals surface area contributed by atoms with Gasteiger partial charge >= 0.3 is 6.18 Å². The van der Waals surface area contributed by atoms with Crippen molar-refractivity contribution in [1.82, 2.24) is 30.2 Å². The van der Waals surface area contributed by atoms with Crippen LogP contribution in [0.2, 0.25) is 0 Å². The van der Waals surface area contributed by atoms with Crippen molar-refractivity contribution >= 4 is 23.0 Å². The van der Waals surface area contributed by atoms with Crippen LogP contribution in [0, 0.1) is 0 Å². The molecule has 0 atom stereocenters. The lowest BCUT2D eigenvalue weighted by molar-refractivity contribution is -0.138. The Kier molecular flexibility index (Phi) is 7.02. The first-order chi connectivity index (χ1) is 16.0. The van der Waals surface area contributed by atoms with Gasteiger partial charge in [0.05, 0.1) is 17.5 Å². The summed E-state index contributed by atoms with van der Waals surface area (Å²) in [4.78, 5) is 5.66. The number of hydrogen-bond acceptors (Lipinski definition) is 5. The zero-order valence-electron chi connectivity index (χ0n) is 18.0. The number of nitrogens with zero attached hydrogens (tertiary/aromatic N) is 5. The minimum atomic E-state index is -4.42. The minimum absolute atomic E-state index is 0.0685. The highest BCUT2D eigenvalue weighted by Gasteiger charge is 2.33. The van der Waals surface area contributed by atoms with Crippen LogP contribution >= 0.6 is 11.3 Å². The van der Waals surface area contributed by atoms with E-state index in [1.165, 1.54) is 12.1 Å². The van der Waals surface area contributed by atoms with Crippen LogP contribution in [0.25, 0.3) is 11.6 Å². The second kappa shape index (κ2) is 10.1. The van der Waals surface area contributed by atoms with Gasteiger partial charge < -0.3 is 4.57 Å². The van der Waals surface area contributed by atoms with Gasteiger partial charge in [0, 0.05) is 29.8 Å². The zero-order valence-corrected chi connectivity index (χ0v) is 18.8. The molecule has 4 aromatic rings. The Morgan fingerprint density at radius 2 is 2.03 bits per heavy atom. The Labute approximate surface area is 193 Å². The molecule has 33 heavy (non-hydrogen) atoms. The number of hydrogen-bond donors (Lipinski definition) is 1. The number of H-pyrrole nitrogens is 1.